The quantitative estimate of drug-likeness (QED) is 0.267. The van der Waals surface area contributed by atoms with Crippen LogP contribution in [-0.4, -0.2) is 51.6 Å². The minimum Gasteiger partial charge on any atom is -0.497 e. The SMILES string of the molecule is CNC(=O)c1ccc(-n2c(=O)c3c(n4ncc(Cc5ccc(OC)cc5F)c24)CN(C(=O)c2ccc(Br)c(Cl)c2)CC3)cc1. The van der Waals surface area contributed by atoms with Gasteiger partial charge in [0.25, 0.3) is 17.4 Å². The second kappa shape index (κ2) is 11.9. The summed E-state index contributed by atoms with van der Waals surface area (Å²) in [5.74, 6) is -0.531. The molecule has 1 N–H and O–H groups in total. The van der Waals surface area contributed by atoms with Gasteiger partial charge in [0.1, 0.15) is 17.2 Å². The highest BCUT2D eigenvalue weighted by Gasteiger charge is 2.29. The van der Waals surface area contributed by atoms with Crippen LogP contribution in [-0.2, 0) is 19.4 Å². The van der Waals surface area contributed by atoms with E-state index in [-0.39, 0.29) is 30.3 Å². The minimum atomic E-state index is -0.449. The summed E-state index contributed by atoms with van der Waals surface area (Å²) in [6.07, 6.45) is 2.07. The fourth-order valence-corrected chi connectivity index (χ4v) is 5.90. The maximum absolute atomic E-state index is 15.0. The standard InChI is InChI=1S/C32H26BrClFN5O4/c1-36-29(41)18-3-7-22(8-4-18)39-30-21(13-19-5-9-23(44-2)15-27(19)35)16-37-40(30)28-17-38(12-11-24(28)32(39)43)31(42)20-6-10-25(33)26(34)14-20/h3-10,14-16H,11-13,17H2,1-2H3,(H,36,41). The Bertz CT molecular complexity index is 2010. The Labute approximate surface area is 264 Å². The van der Waals surface area contributed by atoms with Gasteiger partial charge >= 0.3 is 0 Å². The summed E-state index contributed by atoms with van der Waals surface area (Å²) in [5.41, 5.74) is 3.67. The number of hydrogen-bond donors (Lipinski definition) is 1. The second-order valence-corrected chi connectivity index (χ2v) is 11.6. The van der Waals surface area contributed by atoms with E-state index in [1.165, 1.54) is 13.2 Å². The molecule has 3 aromatic carbocycles. The summed E-state index contributed by atoms with van der Waals surface area (Å²) in [6, 6.07) is 16.3. The number of hydrogen-bond acceptors (Lipinski definition) is 5. The molecule has 0 saturated heterocycles. The molecule has 0 fully saturated rings. The van der Waals surface area contributed by atoms with Crippen molar-refractivity contribution in [1.82, 2.24) is 24.4 Å². The molecular formula is C32H26BrClFN5O4. The van der Waals surface area contributed by atoms with Gasteiger partial charge in [-0.1, -0.05) is 17.7 Å². The lowest BCUT2D eigenvalue weighted by Gasteiger charge is -2.30. The van der Waals surface area contributed by atoms with Crippen LogP contribution in [0, 0.1) is 5.82 Å². The van der Waals surface area contributed by atoms with Crippen molar-refractivity contribution in [3.63, 3.8) is 0 Å². The third-order valence-electron chi connectivity index (χ3n) is 7.78. The molecule has 224 valence electrons. The summed E-state index contributed by atoms with van der Waals surface area (Å²) in [5, 5.41) is 7.66. The van der Waals surface area contributed by atoms with Crippen molar-refractivity contribution in [2.24, 2.45) is 0 Å². The lowest BCUT2D eigenvalue weighted by Crippen LogP contribution is -2.41. The van der Waals surface area contributed by atoms with E-state index in [9.17, 15) is 14.4 Å². The number of ether oxygens (including phenoxy) is 1. The molecule has 2 amide bonds. The zero-order chi connectivity index (χ0) is 31.1. The van der Waals surface area contributed by atoms with Gasteiger partial charge in [-0.05, 0) is 76.4 Å². The molecule has 9 nitrogen and oxygen atoms in total. The first-order valence-electron chi connectivity index (χ1n) is 13.7. The summed E-state index contributed by atoms with van der Waals surface area (Å²) in [6.45, 7) is 0.461. The third kappa shape index (κ3) is 5.26. The Balaban J connectivity index is 1.49. The van der Waals surface area contributed by atoms with E-state index in [1.54, 1.807) is 81.8 Å². The molecule has 0 unspecified atom stereocenters. The van der Waals surface area contributed by atoms with E-state index in [0.29, 0.717) is 73.1 Å². The predicted molar refractivity (Wildman–Crippen MR) is 168 cm³/mol. The van der Waals surface area contributed by atoms with Crippen LogP contribution in [0.5, 0.6) is 5.75 Å². The molecule has 12 heteroatoms. The largest absolute Gasteiger partial charge is 0.497 e. The van der Waals surface area contributed by atoms with Gasteiger partial charge in [0.15, 0.2) is 0 Å². The molecule has 5 aromatic rings. The monoisotopic (exact) mass is 677 g/mol. The highest BCUT2D eigenvalue weighted by molar-refractivity contribution is 9.10. The first-order chi connectivity index (χ1) is 21.2. The van der Waals surface area contributed by atoms with Crippen LogP contribution in [0.15, 0.2) is 76.1 Å². The van der Waals surface area contributed by atoms with Gasteiger partial charge in [-0.3, -0.25) is 19.0 Å². The number of aromatic nitrogens is 3. The van der Waals surface area contributed by atoms with Crippen LogP contribution in [0.2, 0.25) is 5.02 Å². The van der Waals surface area contributed by atoms with Crippen molar-refractivity contribution in [3.8, 4) is 11.4 Å². The maximum Gasteiger partial charge on any atom is 0.261 e. The highest BCUT2D eigenvalue weighted by Crippen LogP contribution is 2.28. The zero-order valence-corrected chi connectivity index (χ0v) is 26.1. The Morgan fingerprint density at radius 1 is 1.07 bits per heavy atom. The average Bonchev–Trinajstić information content (AvgIpc) is 3.46. The summed E-state index contributed by atoms with van der Waals surface area (Å²) in [4.78, 5) is 41.5. The number of methoxy groups -OCH3 is 1. The van der Waals surface area contributed by atoms with Crippen molar-refractivity contribution in [3.05, 3.63) is 126 Å². The molecule has 3 heterocycles. The Kier molecular flexibility index (Phi) is 8.00. The molecule has 1 aliphatic rings. The fraction of sp³-hybridized carbons (Fsp3) is 0.188. The number of nitrogens with one attached hydrogen (secondary N) is 1. The van der Waals surface area contributed by atoms with Crippen LogP contribution >= 0.6 is 27.5 Å². The number of fused-ring (bicyclic) bond motifs is 3. The number of nitrogens with zero attached hydrogens (tertiary/aromatic N) is 4. The van der Waals surface area contributed by atoms with E-state index in [4.69, 9.17) is 16.3 Å². The van der Waals surface area contributed by atoms with E-state index < -0.39 is 5.82 Å². The van der Waals surface area contributed by atoms with Gasteiger partial charge in [0.2, 0.25) is 0 Å². The van der Waals surface area contributed by atoms with Gasteiger partial charge in [0, 0.05) is 52.8 Å². The first kappa shape index (κ1) is 29.6. The van der Waals surface area contributed by atoms with Crippen molar-refractivity contribution < 1.29 is 18.7 Å². The average molecular weight is 679 g/mol. The Hall–Kier alpha value is -4.48. The molecule has 0 atom stereocenters. The summed E-state index contributed by atoms with van der Waals surface area (Å²) < 4.78 is 24.1. The van der Waals surface area contributed by atoms with Gasteiger partial charge in [-0.2, -0.15) is 5.10 Å². The Morgan fingerprint density at radius 3 is 2.50 bits per heavy atom. The molecule has 1 aliphatic heterocycles. The number of halogens is 3. The lowest BCUT2D eigenvalue weighted by molar-refractivity contribution is 0.0729. The van der Waals surface area contributed by atoms with Crippen molar-refractivity contribution in [2.75, 3.05) is 20.7 Å². The molecule has 2 aromatic heterocycles. The van der Waals surface area contributed by atoms with E-state index in [2.05, 4.69) is 26.3 Å². The molecule has 44 heavy (non-hydrogen) atoms. The molecular weight excluding hydrogens is 653 g/mol. The van der Waals surface area contributed by atoms with Crippen LogP contribution in [0.3, 0.4) is 0 Å². The van der Waals surface area contributed by atoms with Crippen LogP contribution in [0.1, 0.15) is 43.1 Å². The normalized spacial score (nSPS) is 12.7. The highest BCUT2D eigenvalue weighted by atomic mass is 79.9. The smallest absolute Gasteiger partial charge is 0.261 e. The number of carbonyl (C=O) groups excluding carboxylic acids is 2. The number of rotatable bonds is 6. The van der Waals surface area contributed by atoms with E-state index in [0.717, 1.165) is 0 Å². The molecule has 0 bridgehead atoms. The van der Waals surface area contributed by atoms with Crippen LogP contribution in [0.25, 0.3) is 11.3 Å². The topological polar surface area (TPSA) is 97.9 Å². The minimum absolute atomic E-state index is 0.141. The molecule has 0 spiro atoms. The van der Waals surface area contributed by atoms with E-state index >= 15 is 4.39 Å². The zero-order valence-electron chi connectivity index (χ0n) is 23.7. The van der Waals surface area contributed by atoms with Gasteiger partial charge in [-0.25, -0.2) is 8.91 Å². The number of benzene rings is 3. The van der Waals surface area contributed by atoms with Gasteiger partial charge in [-0.15, -0.1) is 0 Å². The van der Waals surface area contributed by atoms with Gasteiger partial charge in [0.05, 0.1) is 36.3 Å². The van der Waals surface area contributed by atoms with E-state index in [1.807, 2.05) is 0 Å². The van der Waals surface area contributed by atoms with Crippen LogP contribution in [0.4, 0.5) is 4.39 Å². The maximum atomic E-state index is 15.0. The van der Waals surface area contributed by atoms with Crippen molar-refractivity contribution >= 4 is 45.0 Å². The number of carbonyl (C=O) groups is 2. The lowest BCUT2D eigenvalue weighted by atomic mass is 10.0. The van der Waals surface area contributed by atoms with Crippen molar-refractivity contribution in [1.29, 1.82) is 0 Å². The van der Waals surface area contributed by atoms with Crippen LogP contribution < -0.4 is 15.6 Å². The predicted octanol–water partition coefficient (Wildman–Crippen LogP) is 5.20. The van der Waals surface area contributed by atoms with Gasteiger partial charge < -0.3 is 15.0 Å². The first-order valence-corrected chi connectivity index (χ1v) is 14.9. The summed E-state index contributed by atoms with van der Waals surface area (Å²) >= 11 is 9.61. The Morgan fingerprint density at radius 2 is 1.82 bits per heavy atom. The molecule has 0 aliphatic carbocycles. The molecule has 6 rings (SSSR count). The summed E-state index contributed by atoms with van der Waals surface area (Å²) in [7, 11) is 3.01. The third-order valence-corrected chi connectivity index (χ3v) is 9.01. The number of amides is 2. The fourth-order valence-electron chi connectivity index (χ4n) is 5.47. The molecule has 0 saturated carbocycles. The molecule has 0 radical (unpaired) electrons. The second-order valence-electron chi connectivity index (χ2n) is 10.3. The van der Waals surface area contributed by atoms with Crippen molar-refractivity contribution in [2.45, 2.75) is 19.4 Å².